The monoisotopic (exact) mass is 484 g/mol. The zero-order valence-corrected chi connectivity index (χ0v) is 19.9. The number of anilines is 1. The molecule has 1 aliphatic heterocycles. The highest BCUT2D eigenvalue weighted by Crippen LogP contribution is 2.55. The van der Waals surface area contributed by atoms with Gasteiger partial charge in [0.25, 0.3) is 5.91 Å². The molecule has 4 heterocycles. The van der Waals surface area contributed by atoms with Crippen LogP contribution in [0.5, 0.6) is 0 Å². The predicted octanol–water partition coefficient (Wildman–Crippen LogP) is 4.55. The van der Waals surface area contributed by atoms with Crippen molar-refractivity contribution in [2.75, 3.05) is 18.4 Å². The van der Waals surface area contributed by atoms with E-state index in [0.717, 1.165) is 54.0 Å². The van der Waals surface area contributed by atoms with Crippen LogP contribution in [-0.4, -0.2) is 49.3 Å². The van der Waals surface area contributed by atoms with E-state index in [9.17, 15) is 9.59 Å². The van der Waals surface area contributed by atoms with Crippen LogP contribution in [-0.2, 0) is 4.79 Å². The molecular weight excluding hydrogens is 460 g/mol. The third-order valence-electron chi connectivity index (χ3n) is 7.11. The van der Waals surface area contributed by atoms with Crippen LogP contribution in [0.25, 0.3) is 21.6 Å². The number of imidazole rings is 1. The molecule has 6 rings (SSSR count). The fourth-order valence-corrected chi connectivity index (χ4v) is 6.29. The number of carbonyl (C=O) groups excluding carboxylic acids is 2. The molecule has 1 saturated heterocycles. The Morgan fingerprint density at radius 2 is 2.03 bits per heavy atom. The lowest BCUT2D eigenvalue weighted by atomic mass is 9.65. The van der Waals surface area contributed by atoms with Gasteiger partial charge in [0.2, 0.25) is 11.9 Å². The van der Waals surface area contributed by atoms with E-state index in [1.54, 1.807) is 6.20 Å². The van der Waals surface area contributed by atoms with Crippen molar-refractivity contribution in [1.29, 1.82) is 0 Å². The van der Waals surface area contributed by atoms with Gasteiger partial charge in [0.15, 0.2) is 0 Å². The second-order valence-electron chi connectivity index (χ2n) is 9.28. The van der Waals surface area contributed by atoms with Crippen molar-refractivity contribution in [1.82, 2.24) is 24.4 Å². The van der Waals surface area contributed by atoms with Gasteiger partial charge >= 0.3 is 0 Å². The SMILES string of the molecule is C=CC(=O)N1CC[C@]2(C1)C[C@H](n1c(NC(=O)c3ccc(-c4ccncn4)s3)nc3ccccc31)C2. The molecule has 1 saturated carbocycles. The van der Waals surface area contributed by atoms with Gasteiger partial charge in [-0.15, -0.1) is 11.3 Å². The van der Waals surface area contributed by atoms with Crippen molar-refractivity contribution in [3.8, 4) is 10.6 Å². The Kier molecular flexibility index (Phi) is 5.21. The Bertz CT molecular complexity index is 1440. The molecule has 0 atom stereocenters. The quantitative estimate of drug-likeness (QED) is 0.420. The number of fused-ring (bicyclic) bond motifs is 1. The van der Waals surface area contributed by atoms with Gasteiger partial charge in [-0.3, -0.25) is 14.9 Å². The Hall–Kier alpha value is -3.85. The average molecular weight is 485 g/mol. The van der Waals surface area contributed by atoms with Crippen LogP contribution in [0.4, 0.5) is 5.95 Å². The first-order valence-electron chi connectivity index (χ1n) is 11.6. The lowest BCUT2D eigenvalue weighted by Crippen LogP contribution is -2.42. The fraction of sp³-hybridized carbons (Fsp3) is 0.269. The summed E-state index contributed by atoms with van der Waals surface area (Å²) in [6.45, 7) is 5.16. The maximum atomic E-state index is 13.2. The number of nitrogens with zero attached hydrogens (tertiary/aromatic N) is 5. The van der Waals surface area contributed by atoms with Crippen molar-refractivity contribution in [3.05, 3.63) is 72.5 Å². The summed E-state index contributed by atoms with van der Waals surface area (Å²) in [6.07, 6.45) is 7.49. The van der Waals surface area contributed by atoms with Crippen LogP contribution in [0.1, 0.15) is 35.0 Å². The molecule has 4 aromatic rings. The molecule has 2 aliphatic rings. The fourth-order valence-electron chi connectivity index (χ4n) is 5.41. The Labute approximate surface area is 206 Å². The van der Waals surface area contributed by atoms with E-state index in [1.165, 1.54) is 23.7 Å². The summed E-state index contributed by atoms with van der Waals surface area (Å²) in [5.74, 6) is 0.373. The minimum atomic E-state index is -0.190. The molecule has 0 radical (unpaired) electrons. The van der Waals surface area contributed by atoms with Crippen LogP contribution in [0, 0.1) is 5.41 Å². The van der Waals surface area contributed by atoms with E-state index in [4.69, 9.17) is 4.98 Å². The maximum absolute atomic E-state index is 13.2. The Morgan fingerprint density at radius 1 is 1.17 bits per heavy atom. The summed E-state index contributed by atoms with van der Waals surface area (Å²) >= 11 is 1.39. The zero-order chi connectivity index (χ0) is 24.0. The van der Waals surface area contributed by atoms with E-state index in [1.807, 2.05) is 47.4 Å². The van der Waals surface area contributed by atoms with Crippen molar-refractivity contribution >= 4 is 40.1 Å². The number of hydrogen-bond donors (Lipinski definition) is 1. The van der Waals surface area contributed by atoms with Gasteiger partial charge in [-0.2, -0.15) is 0 Å². The van der Waals surface area contributed by atoms with Gasteiger partial charge in [0.1, 0.15) is 6.33 Å². The normalized spacial score (nSPS) is 21.3. The van der Waals surface area contributed by atoms with E-state index < -0.39 is 0 Å². The lowest BCUT2D eigenvalue weighted by Gasteiger charge is -2.46. The summed E-state index contributed by atoms with van der Waals surface area (Å²) in [5.41, 5.74) is 2.78. The Balaban J connectivity index is 1.24. The molecule has 8 nitrogen and oxygen atoms in total. The van der Waals surface area contributed by atoms with Crippen molar-refractivity contribution in [2.45, 2.75) is 25.3 Å². The largest absolute Gasteiger partial charge is 0.339 e. The van der Waals surface area contributed by atoms with Crippen LogP contribution in [0.2, 0.25) is 0 Å². The standard InChI is InChI=1S/C26H24N6O2S/c1-2-23(33)31-12-10-26(15-31)13-17(14-26)32-20-6-4-3-5-18(20)29-25(32)30-24(34)22-8-7-21(35-22)19-9-11-27-16-28-19/h2-9,11,16-17H,1,10,12-15H2,(H,29,30,34)/t17-,26-. The molecule has 1 spiro atoms. The van der Waals surface area contributed by atoms with Crippen LogP contribution in [0.3, 0.4) is 0 Å². The molecule has 35 heavy (non-hydrogen) atoms. The molecule has 1 aromatic carbocycles. The average Bonchev–Trinajstić information content (AvgIpc) is 3.60. The van der Waals surface area contributed by atoms with Gasteiger partial charge < -0.3 is 9.47 Å². The third-order valence-corrected chi connectivity index (χ3v) is 8.22. The van der Waals surface area contributed by atoms with Crippen LogP contribution >= 0.6 is 11.3 Å². The molecule has 0 unspecified atom stereocenters. The molecule has 2 fully saturated rings. The van der Waals surface area contributed by atoms with E-state index in [0.29, 0.717) is 10.8 Å². The van der Waals surface area contributed by atoms with Crippen molar-refractivity contribution in [3.63, 3.8) is 0 Å². The number of para-hydroxylation sites is 2. The first-order valence-corrected chi connectivity index (χ1v) is 12.4. The number of hydrogen-bond acceptors (Lipinski definition) is 6. The predicted molar refractivity (Wildman–Crippen MR) is 135 cm³/mol. The van der Waals surface area contributed by atoms with Gasteiger partial charge in [0, 0.05) is 25.3 Å². The van der Waals surface area contributed by atoms with E-state index in [-0.39, 0.29) is 23.3 Å². The molecular formula is C26H24N6O2S. The maximum Gasteiger partial charge on any atom is 0.268 e. The highest BCUT2D eigenvalue weighted by atomic mass is 32.1. The lowest BCUT2D eigenvalue weighted by molar-refractivity contribution is -0.125. The summed E-state index contributed by atoms with van der Waals surface area (Å²) < 4.78 is 2.16. The van der Waals surface area contributed by atoms with Crippen LogP contribution < -0.4 is 5.32 Å². The molecule has 176 valence electrons. The number of aromatic nitrogens is 4. The molecule has 0 bridgehead atoms. The smallest absolute Gasteiger partial charge is 0.268 e. The number of rotatable bonds is 5. The second kappa shape index (κ2) is 8.42. The second-order valence-corrected chi connectivity index (χ2v) is 10.4. The minimum absolute atomic E-state index is 0.00337. The third kappa shape index (κ3) is 3.81. The number of likely N-dealkylation sites (tertiary alicyclic amines) is 1. The van der Waals surface area contributed by atoms with Gasteiger partial charge in [-0.25, -0.2) is 15.0 Å². The molecule has 2 amide bonds. The zero-order valence-electron chi connectivity index (χ0n) is 19.1. The van der Waals surface area contributed by atoms with Crippen molar-refractivity contribution in [2.24, 2.45) is 5.41 Å². The molecule has 1 aliphatic carbocycles. The van der Waals surface area contributed by atoms with Crippen LogP contribution in [0.15, 0.2) is 67.6 Å². The molecule has 1 N–H and O–H groups in total. The van der Waals surface area contributed by atoms with Gasteiger partial charge in [-0.05, 0) is 61.1 Å². The van der Waals surface area contributed by atoms with E-state index >= 15 is 0 Å². The summed E-state index contributed by atoms with van der Waals surface area (Å²) in [6, 6.07) is 13.7. The summed E-state index contributed by atoms with van der Waals surface area (Å²) in [7, 11) is 0. The first kappa shape index (κ1) is 21.7. The first-order chi connectivity index (χ1) is 17.0. The number of benzene rings is 1. The number of thiophene rings is 1. The highest BCUT2D eigenvalue weighted by molar-refractivity contribution is 7.17. The number of carbonyl (C=O) groups is 2. The number of amides is 2. The topological polar surface area (TPSA) is 93.0 Å². The van der Waals surface area contributed by atoms with Crippen molar-refractivity contribution < 1.29 is 9.59 Å². The molecule has 9 heteroatoms. The number of nitrogens with one attached hydrogen (secondary N) is 1. The van der Waals surface area contributed by atoms with Gasteiger partial charge in [-0.1, -0.05) is 18.7 Å². The highest BCUT2D eigenvalue weighted by Gasteiger charge is 2.50. The van der Waals surface area contributed by atoms with E-state index in [2.05, 4.69) is 26.4 Å². The summed E-state index contributed by atoms with van der Waals surface area (Å²) in [5, 5.41) is 3.06. The minimum Gasteiger partial charge on any atom is -0.339 e. The summed E-state index contributed by atoms with van der Waals surface area (Å²) in [4.78, 5) is 41.6. The Morgan fingerprint density at radius 3 is 2.83 bits per heavy atom. The van der Waals surface area contributed by atoms with Gasteiger partial charge in [0.05, 0.1) is 26.5 Å². The molecule has 3 aromatic heterocycles.